The van der Waals surface area contributed by atoms with Crippen LogP contribution in [0.1, 0.15) is 22.8 Å². The smallest absolute Gasteiger partial charge is 0.271 e. The molecule has 5 rings (SSSR count). The lowest BCUT2D eigenvalue weighted by Gasteiger charge is -2.34. The van der Waals surface area contributed by atoms with Gasteiger partial charge in [0.05, 0.1) is 27.4 Å². The summed E-state index contributed by atoms with van der Waals surface area (Å²) in [5.41, 5.74) is 3.43. The average Bonchev–Trinajstić information content (AvgIpc) is 3.19. The number of aliphatic imine (C=N–C) groups is 1. The Morgan fingerprint density at radius 2 is 1.65 bits per heavy atom. The number of anilines is 1. The Hall–Kier alpha value is -4.50. The molecule has 9 heteroatoms. The largest absolute Gasteiger partial charge is 0.494 e. The minimum atomic E-state index is -0.526. The zero-order valence-corrected chi connectivity index (χ0v) is 20.7. The van der Waals surface area contributed by atoms with Crippen LogP contribution >= 0.6 is 0 Å². The third-order valence-corrected chi connectivity index (χ3v) is 6.70. The van der Waals surface area contributed by atoms with Gasteiger partial charge in [-0.1, -0.05) is 30.3 Å². The van der Waals surface area contributed by atoms with E-state index in [1.807, 2.05) is 54.6 Å². The van der Waals surface area contributed by atoms with Crippen LogP contribution in [0.3, 0.4) is 0 Å². The second-order valence-corrected chi connectivity index (χ2v) is 9.14. The molecule has 188 valence electrons. The topological polar surface area (TPSA) is 104 Å². The van der Waals surface area contributed by atoms with E-state index in [0.29, 0.717) is 22.3 Å². The highest BCUT2D eigenvalue weighted by atomic mass is 16.6. The van der Waals surface area contributed by atoms with Crippen molar-refractivity contribution in [1.82, 2.24) is 9.47 Å². The van der Waals surface area contributed by atoms with E-state index in [1.54, 1.807) is 6.07 Å². The molecule has 0 unspecified atom stereocenters. The molecule has 4 aromatic rings. The molecule has 1 N–H and O–H groups in total. The van der Waals surface area contributed by atoms with E-state index in [4.69, 9.17) is 4.99 Å². The van der Waals surface area contributed by atoms with Crippen LogP contribution in [-0.2, 0) is 0 Å². The summed E-state index contributed by atoms with van der Waals surface area (Å²) in [6.07, 6.45) is 0. The van der Waals surface area contributed by atoms with Gasteiger partial charge in [0.15, 0.2) is 0 Å². The summed E-state index contributed by atoms with van der Waals surface area (Å²) in [6, 6.07) is 21.5. The van der Waals surface area contributed by atoms with Gasteiger partial charge in [-0.05, 0) is 37.4 Å². The first kappa shape index (κ1) is 24.2. The van der Waals surface area contributed by atoms with E-state index < -0.39 is 10.8 Å². The summed E-state index contributed by atoms with van der Waals surface area (Å²) in [7, 11) is 2.12. The number of nitro benzene ring substituents is 1. The van der Waals surface area contributed by atoms with Gasteiger partial charge in [0, 0.05) is 61.9 Å². The van der Waals surface area contributed by atoms with E-state index in [1.165, 1.54) is 19.1 Å². The molecule has 1 aliphatic heterocycles. The van der Waals surface area contributed by atoms with Gasteiger partial charge in [-0.3, -0.25) is 14.9 Å². The van der Waals surface area contributed by atoms with Crippen molar-refractivity contribution in [3.8, 4) is 5.88 Å². The number of non-ortho nitro benzene ring substituents is 1. The van der Waals surface area contributed by atoms with E-state index in [-0.39, 0.29) is 17.1 Å². The molecule has 0 radical (unpaired) electrons. The molecule has 1 aromatic heterocycles. The van der Waals surface area contributed by atoms with Crippen molar-refractivity contribution in [3.63, 3.8) is 0 Å². The third-order valence-electron chi connectivity index (χ3n) is 6.70. The van der Waals surface area contributed by atoms with Crippen LogP contribution in [0.15, 0.2) is 77.8 Å². The van der Waals surface area contributed by atoms with Crippen LogP contribution in [0.2, 0.25) is 0 Å². The molecule has 3 aromatic carbocycles. The predicted molar refractivity (Wildman–Crippen MR) is 144 cm³/mol. The van der Waals surface area contributed by atoms with Gasteiger partial charge in [0.2, 0.25) is 11.8 Å². The number of aromatic hydroxyl groups is 1. The second-order valence-electron chi connectivity index (χ2n) is 9.14. The normalized spacial score (nSPS) is 14.8. The van der Waals surface area contributed by atoms with Crippen molar-refractivity contribution in [2.24, 2.45) is 4.99 Å². The van der Waals surface area contributed by atoms with Crippen LogP contribution < -0.4 is 4.90 Å². The Balaban J connectivity index is 1.65. The molecule has 1 saturated heterocycles. The molecular weight excluding hydrogens is 470 g/mol. The maximum atomic E-state index is 12.5. The molecule has 0 atom stereocenters. The summed E-state index contributed by atoms with van der Waals surface area (Å²) in [6.45, 7) is 5.24. The zero-order chi connectivity index (χ0) is 26.1. The zero-order valence-electron chi connectivity index (χ0n) is 20.7. The Labute approximate surface area is 214 Å². The number of likely N-dealkylation sites (N-methyl/N-ethyl adjacent to an activating group) is 1. The summed E-state index contributed by atoms with van der Waals surface area (Å²) in [5.74, 6) is -0.766. The minimum Gasteiger partial charge on any atom is -0.494 e. The summed E-state index contributed by atoms with van der Waals surface area (Å²) < 4.78 is 1.09. The van der Waals surface area contributed by atoms with Crippen LogP contribution in [0.5, 0.6) is 5.88 Å². The maximum Gasteiger partial charge on any atom is 0.271 e. The molecule has 9 nitrogen and oxygen atoms in total. The Bertz CT molecular complexity index is 1500. The minimum absolute atomic E-state index is 0.170. The Morgan fingerprint density at radius 1 is 0.973 bits per heavy atom. The molecule has 1 fully saturated rings. The number of carbonyl (C=O) groups excluding carboxylic acids is 1. The van der Waals surface area contributed by atoms with Gasteiger partial charge < -0.3 is 14.9 Å². The lowest BCUT2D eigenvalue weighted by molar-refractivity contribution is -0.384. The highest BCUT2D eigenvalue weighted by molar-refractivity contribution is 6.23. The first-order valence-electron chi connectivity index (χ1n) is 12.0. The number of benzene rings is 3. The molecule has 0 spiro atoms. The number of aromatic nitrogens is 1. The molecule has 37 heavy (non-hydrogen) atoms. The van der Waals surface area contributed by atoms with Crippen LogP contribution in [0.4, 0.5) is 17.1 Å². The summed E-state index contributed by atoms with van der Waals surface area (Å²) in [5, 5.41) is 23.1. The first-order valence-corrected chi connectivity index (χ1v) is 12.0. The standard InChI is InChI=1S/C28H27N5O4/c1-19(34)32-25-18-23(33(36)37)12-13-24(25)26(28(32)35)27(20-6-4-3-5-7-20)29-21-8-10-22(11-9-21)31-16-14-30(2)15-17-31/h3-13,18,35H,14-17H2,1-2H3. The van der Waals surface area contributed by atoms with Crippen molar-refractivity contribution >= 4 is 39.6 Å². The highest BCUT2D eigenvalue weighted by Gasteiger charge is 2.25. The lowest BCUT2D eigenvalue weighted by atomic mass is 10.0. The molecular formula is C28H27N5O4. The van der Waals surface area contributed by atoms with Crippen LogP contribution in [0.25, 0.3) is 10.9 Å². The van der Waals surface area contributed by atoms with E-state index in [0.717, 1.165) is 42.0 Å². The fourth-order valence-corrected chi connectivity index (χ4v) is 4.72. The number of fused-ring (bicyclic) bond motifs is 1. The van der Waals surface area contributed by atoms with E-state index in [2.05, 4.69) is 16.8 Å². The monoisotopic (exact) mass is 497 g/mol. The van der Waals surface area contributed by atoms with E-state index >= 15 is 0 Å². The van der Waals surface area contributed by atoms with Crippen LogP contribution in [-0.4, -0.2) is 64.3 Å². The van der Waals surface area contributed by atoms with Gasteiger partial charge in [-0.15, -0.1) is 0 Å². The lowest BCUT2D eigenvalue weighted by Crippen LogP contribution is -2.44. The highest BCUT2D eigenvalue weighted by Crippen LogP contribution is 2.36. The number of nitrogens with zero attached hydrogens (tertiary/aromatic N) is 5. The van der Waals surface area contributed by atoms with Gasteiger partial charge in [0.1, 0.15) is 0 Å². The van der Waals surface area contributed by atoms with Crippen molar-refractivity contribution in [1.29, 1.82) is 0 Å². The van der Waals surface area contributed by atoms with Crippen molar-refractivity contribution in [2.45, 2.75) is 6.92 Å². The molecule has 2 heterocycles. The van der Waals surface area contributed by atoms with Gasteiger partial charge in [0.25, 0.3) is 5.69 Å². The molecule has 0 bridgehead atoms. The van der Waals surface area contributed by atoms with Crippen molar-refractivity contribution < 1.29 is 14.8 Å². The summed E-state index contributed by atoms with van der Waals surface area (Å²) in [4.78, 5) is 32.9. The number of carbonyl (C=O) groups is 1. The third kappa shape index (κ3) is 4.68. The SMILES string of the molecule is CC(=O)n1c(O)c(C(=Nc2ccc(N3CCN(C)CC3)cc2)c2ccccc2)c2ccc([N+](=O)[O-])cc21. The quantitative estimate of drug-likeness (QED) is 0.240. The molecule has 0 aliphatic carbocycles. The number of hydrogen-bond acceptors (Lipinski definition) is 7. The van der Waals surface area contributed by atoms with E-state index in [9.17, 15) is 20.0 Å². The Morgan fingerprint density at radius 3 is 2.27 bits per heavy atom. The number of hydrogen-bond donors (Lipinski definition) is 1. The van der Waals surface area contributed by atoms with Crippen molar-refractivity contribution in [3.05, 3.63) is 94.0 Å². The molecule has 0 saturated carbocycles. The maximum absolute atomic E-state index is 12.5. The van der Waals surface area contributed by atoms with Crippen LogP contribution in [0, 0.1) is 10.1 Å². The van der Waals surface area contributed by atoms with Gasteiger partial charge in [-0.2, -0.15) is 0 Å². The van der Waals surface area contributed by atoms with Gasteiger partial charge in [-0.25, -0.2) is 9.56 Å². The predicted octanol–water partition coefficient (Wildman–Crippen LogP) is 4.84. The second kappa shape index (κ2) is 9.87. The fraction of sp³-hybridized carbons (Fsp3) is 0.214. The Kier molecular flexibility index (Phi) is 6.45. The first-order chi connectivity index (χ1) is 17.8. The fourth-order valence-electron chi connectivity index (χ4n) is 4.72. The van der Waals surface area contributed by atoms with Gasteiger partial charge >= 0.3 is 0 Å². The molecule has 1 aliphatic rings. The number of nitro groups is 1. The molecule has 0 amide bonds. The average molecular weight is 498 g/mol. The number of piperazine rings is 1. The number of rotatable bonds is 5. The van der Waals surface area contributed by atoms with Crippen molar-refractivity contribution in [2.75, 3.05) is 38.1 Å². The summed E-state index contributed by atoms with van der Waals surface area (Å²) >= 11 is 0.